The van der Waals surface area contributed by atoms with E-state index in [9.17, 15) is 0 Å². The summed E-state index contributed by atoms with van der Waals surface area (Å²) in [5.41, 5.74) is 3.76. The van der Waals surface area contributed by atoms with Gasteiger partial charge in [0, 0.05) is 40.6 Å². The van der Waals surface area contributed by atoms with Gasteiger partial charge in [-0.05, 0) is 6.07 Å². The molecule has 3 heteroatoms. The minimum atomic E-state index is 0.671. The second kappa shape index (κ2) is 3.28. The Labute approximate surface area is 92.3 Å². The molecular weight excluding hydrogens is 198 g/mol. The molecule has 3 rings (SSSR count). The van der Waals surface area contributed by atoms with Crippen LogP contribution in [0.4, 0.5) is 0 Å². The van der Waals surface area contributed by atoms with Crippen molar-refractivity contribution in [3.05, 3.63) is 48.4 Å². The van der Waals surface area contributed by atoms with Gasteiger partial charge in [0.15, 0.2) is 0 Å². The van der Waals surface area contributed by atoms with Crippen LogP contribution in [0.25, 0.3) is 22.0 Å². The molecule has 0 radical (unpaired) electrons. The summed E-state index contributed by atoms with van der Waals surface area (Å²) in [6.45, 7) is 0. The average molecular weight is 207 g/mol. The lowest BCUT2D eigenvalue weighted by Gasteiger charge is -1.95. The lowest BCUT2D eigenvalue weighted by Crippen LogP contribution is -1.75. The molecule has 0 spiro atoms. The highest BCUT2D eigenvalue weighted by molar-refractivity contribution is 5.96. The van der Waals surface area contributed by atoms with E-state index < -0.39 is 0 Å². The Morgan fingerprint density at radius 1 is 1.00 bits per heavy atom. The molecule has 0 unspecified atom stereocenters. The van der Waals surface area contributed by atoms with Crippen molar-refractivity contribution < 1.29 is 0 Å². The third kappa shape index (κ3) is 1.14. The summed E-state index contributed by atoms with van der Waals surface area (Å²) in [6.07, 6.45) is 5.51. The van der Waals surface area contributed by atoms with Crippen molar-refractivity contribution in [2.24, 2.45) is 0 Å². The molecule has 0 bridgehead atoms. The van der Waals surface area contributed by atoms with Crippen LogP contribution in [-0.4, -0.2) is 9.97 Å². The molecule has 0 amide bonds. The fourth-order valence-corrected chi connectivity index (χ4v) is 1.97. The first-order valence-corrected chi connectivity index (χ1v) is 5.03. The van der Waals surface area contributed by atoms with Crippen LogP contribution < -0.4 is 0 Å². The largest absolute Gasteiger partial charge is 0.366 e. The van der Waals surface area contributed by atoms with E-state index in [2.05, 4.69) is 22.1 Å². The second-order valence-corrected chi connectivity index (χ2v) is 3.64. The van der Waals surface area contributed by atoms with Gasteiger partial charge in [-0.2, -0.15) is 5.26 Å². The van der Waals surface area contributed by atoms with Crippen LogP contribution in [0.15, 0.2) is 42.9 Å². The maximum absolute atomic E-state index is 9.00. The van der Waals surface area contributed by atoms with Crippen LogP contribution in [0, 0.1) is 11.3 Å². The average Bonchev–Trinajstić information content (AvgIpc) is 2.94. The second-order valence-electron chi connectivity index (χ2n) is 3.64. The number of para-hydroxylation sites is 1. The quantitative estimate of drug-likeness (QED) is 0.633. The first-order valence-electron chi connectivity index (χ1n) is 5.03. The Morgan fingerprint density at radius 3 is 2.75 bits per heavy atom. The van der Waals surface area contributed by atoms with E-state index in [0.717, 1.165) is 22.0 Å². The standard InChI is InChI=1S/C13H9N3/c14-5-9-6-15-7-11(9)12-8-16-13-4-2-1-3-10(12)13/h1-4,6-8,15-16H. The highest BCUT2D eigenvalue weighted by Crippen LogP contribution is 2.30. The molecule has 0 aliphatic rings. The summed E-state index contributed by atoms with van der Waals surface area (Å²) in [5.74, 6) is 0. The predicted octanol–water partition coefficient (Wildman–Crippen LogP) is 3.03. The Kier molecular flexibility index (Phi) is 1.81. The van der Waals surface area contributed by atoms with Crippen LogP contribution in [0.5, 0.6) is 0 Å². The molecule has 2 heterocycles. The molecule has 0 saturated carbocycles. The van der Waals surface area contributed by atoms with Gasteiger partial charge in [0.2, 0.25) is 0 Å². The molecule has 2 N–H and O–H groups in total. The summed E-state index contributed by atoms with van der Waals surface area (Å²) < 4.78 is 0. The molecule has 3 aromatic rings. The topological polar surface area (TPSA) is 55.4 Å². The van der Waals surface area contributed by atoms with E-state index >= 15 is 0 Å². The van der Waals surface area contributed by atoms with Gasteiger partial charge in [0.1, 0.15) is 6.07 Å². The molecule has 2 aromatic heterocycles. The number of nitrogens with zero attached hydrogens (tertiary/aromatic N) is 1. The monoisotopic (exact) mass is 207 g/mol. The van der Waals surface area contributed by atoms with E-state index in [-0.39, 0.29) is 0 Å². The highest BCUT2D eigenvalue weighted by Gasteiger charge is 2.10. The minimum absolute atomic E-state index is 0.671. The number of aromatic amines is 2. The Balaban J connectivity index is 2.31. The Hall–Kier alpha value is -2.47. The molecule has 16 heavy (non-hydrogen) atoms. The first kappa shape index (κ1) is 8.81. The zero-order chi connectivity index (χ0) is 11.0. The molecule has 0 aliphatic carbocycles. The molecule has 76 valence electrons. The van der Waals surface area contributed by atoms with Gasteiger partial charge in [-0.3, -0.25) is 0 Å². The molecule has 0 atom stereocenters. The smallest absolute Gasteiger partial charge is 0.101 e. The molecule has 3 nitrogen and oxygen atoms in total. The fourth-order valence-electron chi connectivity index (χ4n) is 1.97. The third-order valence-electron chi connectivity index (χ3n) is 2.75. The fraction of sp³-hybridized carbons (Fsp3) is 0. The van der Waals surface area contributed by atoms with Crippen LogP contribution in [0.1, 0.15) is 5.56 Å². The van der Waals surface area contributed by atoms with E-state index in [0.29, 0.717) is 5.56 Å². The van der Waals surface area contributed by atoms with Crippen molar-refractivity contribution in [1.29, 1.82) is 5.26 Å². The van der Waals surface area contributed by atoms with E-state index in [4.69, 9.17) is 5.26 Å². The van der Waals surface area contributed by atoms with E-state index in [1.54, 1.807) is 6.20 Å². The number of nitrogens with one attached hydrogen (secondary N) is 2. The summed E-state index contributed by atoms with van der Waals surface area (Å²) in [5, 5.41) is 10.1. The summed E-state index contributed by atoms with van der Waals surface area (Å²) >= 11 is 0. The number of hydrogen-bond acceptors (Lipinski definition) is 1. The third-order valence-corrected chi connectivity index (χ3v) is 2.75. The van der Waals surface area contributed by atoms with E-state index in [1.807, 2.05) is 30.6 Å². The Morgan fingerprint density at radius 2 is 1.88 bits per heavy atom. The SMILES string of the molecule is N#Cc1c[nH]cc1-c1c[nH]c2ccccc12. The minimum Gasteiger partial charge on any atom is -0.366 e. The van der Waals surface area contributed by atoms with Crippen LogP contribution in [0.2, 0.25) is 0 Å². The zero-order valence-corrected chi connectivity index (χ0v) is 8.49. The van der Waals surface area contributed by atoms with Gasteiger partial charge < -0.3 is 9.97 Å². The van der Waals surface area contributed by atoms with E-state index in [1.165, 1.54) is 0 Å². The highest BCUT2D eigenvalue weighted by atomic mass is 14.7. The van der Waals surface area contributed by atoms with Crippen LogP contribution in [-0.2, 0) is 0 Å². The van der Waals surface area contributed by atoms with Crippen molar-refractivity contribution >= 4 is 10.9 Å². The van der Waals surface area contributed by atoms with Crippen molar-refractivity contribution in [1.82, 2.24) is 9.97 Å². The number of rotatable bonds is 1. The molecule has 1 aromatic carbocycles. The summed E-state index contributed by atoms with van der Waals surface area (Å²) in [7, 11) is 0. The lowest BCUT2D eigenvalue weighted by molar-refractivity contribution is 1.40. The number of hydrogen-bond donors (Lipinski definition) is 2. The van der Waals surface area contributed by atoms with Crippen LogP contribution in [0.3, 0.4) is 0 Å². The molecule has 0 aliphatic heterocycles. The molecular formula is C13H9N3. The van der Waals surface area contributed by atoms with Crippen molar-refractivity contribution in [3.63, 3.8) is 0 Å². The number of fused-ring (bicyclic) bond motifs is 1. The van der Waals surface area contributed by atoms with Gasteiger partial charge in [-0.15, -0.1) is 0 Å². The maximum Gasteiger partial charge on any atom is 0.101 e. The van der Waals surface area contributed by atoms with Gasteiger partial charge in [-0.1, -0.05) is 18.2 Å². The van der Waals surface area contributed by atoms with Gasteiger partial charge >= 0.3 is 0 Å². The summed E-state index contributed by atoms with van der Waals surface area (Å²) in [6, 6.07) is 10.2. The number of nitriles is 1. The van der Waals surface area contributed by atoms with Crippen molar-refractivity contribution in [2.45, 2.75) is 0 Å². The zero-order valence-electron chi connectivity index (χ0n) is 8.49. The van der Waals surface area contributed by atoms with Gasteiger partial charge in [0.05, 0.1) is 5.56 Å². The van der Waals surface area contributed by atoms with Gasteiger partial charge in [-0.25, -0.2) is 0 Å². The van der Waals surface area contributed by atoms with Crippen LogP contribution >= 0.6 is 0 Å². The molecule has 0 saturated heterocycles. The first-order chi connectivity index (χ1) is 7.90. The maximum atomic E-state index is 9.00. The van der Waals surface area contributed by atoms with Gasteiger partial charge in [0.25, 0.3) is 0 Å². The Bertz CT molecular complexity index is 682. The summed E-state index contributed by atoms with van der Waals surface area (Å²) in [4.78, 5) is 6.17. The molecule has 0 fully saturated rings. The van der Waals surface area contributed by atoms with Crippen molar-refractivity contribution in [3.8, 4) is 17.2 Å². The predicted molar refractivity (Wildman–Crippen MR) is 62.8 cm³/mol. The normalized spacial score (nSPS) is 10.4. The lowest BCUT2D eigenvalue weighted by atomic mass is 10.0. The number of H-pyrrole nitrogens is 2. The number of aromatic nitrogens is 2. The number of benzene rings is 1. The van der Waals surface area contributed by atoms with Crippen molar-refractivity contribution in [2.75, 3.05) is 0 Å².